The van der Waals surface area contributed by atoms with Crippen LogP contribution in [0.15, 0.2) is 84.9 Å². The molecule has 0 aliphatic rings. The van der Waals surface area contributed by atoms with E-state index in [1.165, 1.54) is 12.1 Å². The molecule has 0 bridgehead atoms. The van der Waals surface area contributed by atoms with Crippen LogP contribution in [0.5, 0.6) is 0 Å². The Balaban J connectivity index is 1.90. The number of nitrogens with one attached hydrogen (secondary N) is 1. The van der Waals surface area contributed by atoms with Crippen molar-refractivity contribution in [3.63, 3.8) is 0 Å². The molecular weight excluding hydrogens is 379 g/mol. The van der Waals surface area contributed by atoms with E-state index in [1.807, 2.05) is 60.7 Å². The SMILES string of the molecule is CNC(=O)[C@@H](c1ccccc1)N(Cc1ccc(F)cc1)C(=O)CCc1ccccc1. The number of likely N-dealkylation sites (N-methyl/N-ethyl adjacent to an activating group) is 1. The second-order valence-corrected chi connectivity index (χ2v) is 7.06. The number of aryl methyl sites for hydroxylation is 1. The van der Waals surface area contributed by atoms with Gasteiger partial charge in [0.25, 0.3) is 0 Å². The molecule has 4 nitrogen and oxygen atoms in total. The first-order valence-electron chi connectivity index (χ1n) is 9.93. The summed E-state index contributed by atoms with van der Waals surface area (Å²) in [5, 5.41) is 2.67. The zero-order valence-corrected chi connectivity index (χ0v) is 16.9. The highest BCUT2D eigenvalue weighted by molar-refractivity contribution is 5.88. The van der Waals surface area contributed by atoms with Gasteiger partial charge in [-0.25, -0.2) is 4.39 Å². The molecule has 154 valence electrons. The number of hydrogen-bond acceptors (Lipinski definition) is 2. The van der Waals surface area contributed by atoms with Gasteiger partial charge in [0.1, 0.15) is 11.9 Å². The van der Waals surface area contributed by atoms with E-state index in [-0.39, 0.29) is 30.6 Å². The quantitative estimate of drug-likeness (QED) is 0.609. The summed E-state index contributed by atoms with van der Waals surface area (Å²) in [6, 6.07) is 24.2. The molecule has 0 spiro atoms. The molecule has 0 heterocycles. The minimum absolute atomic E-state index is 0.138. The fourth-order valence-electron chi connectivity index (χ4n) is 3.39. The van der Waals surface area contributed by atoms with Gasteiger partial charge in [0, 0.05) is 20.0 Å². The maximum absolute atomic E-state index is 13.4. The standard InChI is InChI=1S/C25H25FN2O2/c1-27-25(30)24(21-10-6-3-7-11-21)28(18-20-12-15-22(26)16-13-20)23(29)17-14-19-8-4-2-5-9-19/h2-13,15-16,24H,14,17-18H2,1H3,(H,27,30)/t24-/m1/s1. The molecule has 1 atom stereocenters. The fraction of sp³-hybridized carbons (Fsp3) is 0.200. The Bertz CT molecular complexity index is 959. The van der Waals surface area contributed by atoms with Crippen LogP contribution in [0.3, 0.4) is 0 Å². The normalized spacial score (nSPS) is 11.5. The number of benzene rings is 3. The van der Waals surface area contributed by atoms with Gasteiger partial charge in [-0.15, -0.1) is 0 Å². The third kappa shape index (κ3) is 5.54. The number of carbonyl (C=O) groups excluding carboxylic acids is 2. The van der Waals surface area contributed by atoms with Gasteiger partial charge in [-0.2, -0.15) is 0 Å². The van der Waals surface area contributed by atoms with Crippen LogP contribution in [0, 0.1) is 5.82 Å². The van der Waals surface area contributed by atoms with Crippen molar-refractivity contribution in [1.82, 2.24) is 10.2 Å². The van der Waals surface area contributed by atoms with Crippen molar-refractivity contribution >= 4 is 11.8 Å². The van der Waals surface area contributed by atoms with Crippen molar-refractivity contribution in [2.24, 2.45) is 0 Å². The zero-order chi connectivity index (χ0) is 21.3. The third-order valence-electron chi connectivity index (χ3n) is 4.98. The molecule has 0 saturated heterocycles. The molecule has 3 aromatic rings. The smallest absolute Gasteiger partial charge is 0.247 e. The molecule has 0 saturated carbocycles. The molecule has 1 N–H and O–H groups in total. The largest absolute Gasteiger partial charge is 0.357 e. The second-order valence-electron chi connectivity index (χ2n) is 7.06. The number of nitrogens with zero attached hydrogens (tertiary/aromatic N) is 1. The van der Waals surface area contributed by atoms with Crippen molar-refractivity contribution in [3.8, 4) is 0 Å². The lowest BCUT2D eigenvalue weighted by Gasteiger charge is -2.31. The third-order valence-corrected chi connectivity index (χ3v) is 4.98. The lowest BCUT2D eigenvalue weighted by atomic mass is 10.0. The lowest BCUT2D eigenvalue weighted by molar-refractivity contribution is -0.141. The van der Waals surface area contributed by atoms with Crippen LogP contribution in [0.4, 0.5) is 4.39 Å². The van der Waals surface area contributed by atoms with Gasteiger partial charge in [0.15, 0.2) is 0 Å². The van der Waals surface area contributed by atoms with Crippen molar-refractivity contribution in [3.05, 3.63) is 107 Å². The second kappa shape index (κ2) is 10.3. The first-order chi connectivity index (χ1) is 14.6. The van der Waals surface area contributed by atoms with Gasteiger partial charge in [-0.05, 0) is 35.2 Å². The molecule has 0 radical (unpaired) electrons. The van der Waals surface area contributed by atoms with E-state index in [9.17, 15) is 14.0 Å². The van der Waals surface area contributed by atoms with E-state index in [0.29, 0.717) is 6.42 Å². The molecule has 30 heavy (non-hydrogen) atoms. The summed E-state index contributed by atoms with van der Waals surface area (Å²) in [4.78, 5) is 27.7. The molecule has 0 unspecified atom stereocenters. The topological polar surface area (TPSA) is 49.4 Å². The maximum Gasteiger partial charge on any atom is 0.247 e. The lowest BCUT2D eigenvalue weighted by Crippen LogP contribution is -2.42. The Labute approximate surface area is 176 Å². The Morgan fingerprint density at radius 2 is 1.47 bits per heavy atom. The molecular formula is C25H25FN2O2. The van der Waals surface area contributed by atoms with Gasteiger partial charge in [0.05, 0.1) is 0 Å². The summed E-state index contributed by atoms with van der Waals surface area (Å²) < 4.78 is 13.4. The minimum Gasteiger partial charge on any atom is -0.357 e. The van der Waals surface area contributed by atoms with Crippen molar-refractivity contribution < 1.29 is 14.0 Å². The van der Waals surface area contributed by atoms with E-state index in [2.05, 4.69) is 5.32 Å². The number of rotatable bonds is 8. The van der Waals surface area contributed by atoms with E-state index in [4.69, 9.17) is 0 Å². The van der Waals surface area contributed by atoms with E-state index < -0.39 is 6.04 Å². The van der Waals surface area contributed by atoms with Crippen LogP contribution in [-0.4, -0.2) is 23.8 Å². The number of halogens is 1. The van der Waals surface area contributed by atoms with Gasteiger partial charge >= 0.3 is 0 Å². The summed E-state index contributed by atoms with van der Waals surface area (Å²) in [6.45, 7) is 0.209. The van der Waals surface area contributed by atoms with Gasteiger partial charge < -0.3 is 10.2 Å². The predicted octanol–water partition coefficient (Wildman–Crippen LogP) is 4.27. The van der Waals surface area contributed by atoms with Gasteiger partial charge in [0.2, 0.25) is 11.8 Å². The Kier molecular flexibility index (Phi) is 7.33. The van der Waals surface area contributed by atoms with Crippen LogP contribution in [-0.2, 0) is 22.6 Å². The predicted molar refractivity (Wildman–Crippen MR) is 115 cm³/mol. The Morgan fingerprint density at radius 1 is 0.867 bits per heavy atom. The number of carbonyl (C=O) groups is 2. The molecule has 0 aliphatic heterocycles. The van der Waals surface area contributed by atoms with Crippen LogP contribution >= 0.6 is 0 Å². The maximum atomic E-state index is 13.4. The molecule has 0 aliphatic carbocycles. The van der Waals surface area contributed by atoms with Crippen molar-refractivity contribution in [1.29, 1.82) is 0 Å². The summed E-state index contributed by atoms with van der Waals surface area (Å²) in [5.41, 5.74) is 2.55. The van der Waals surface area contributed by atoms with Crippen LogP contribution < -0.4 is 5.32 Å². The van der Waals surface area contributed by atoms with E-state index in [1.54, 1.807) is 24.1 Å². The Morgan fingerprint density at radius 3 is 2.07 bits per heavy atom. The molecule has 3 aromatic carbocycles. The summed E-state index contributed by atoms with van der Waals surface area (Å²) in [5.74, 6) is -0.747. The molecule has 0 fully saturated rings. The number of amides is 2. The minimum atomic E-state index is -0.774. The average Bonchev–Trinajstić information content (AvgIpc) is 2.79. The highest BCUT2D eigenvalue weighted by Crippen LogP contribution is 2.25. The molecule has 0 aromatic heterocycles. The van der Waals surface area contributed by atoms with Crippen molar-refractivity contribution in [2.75, 3.05) is 7.05 Å². The average molecular weight is 404 g/mol. The van der Waals surface area contributed by atoms with Gasteiger partial charge in [-0.3, -0.25) is 9.59 Å². The fourth-order valence-corrected chi connectivity index (χ4v) is 3.39. The van der Waals surface area contributed by atoms with Crippen LogP contribution in [0.1, 0.15) is 29.2 Å². The van der Waals surface area contributed by atoms with Gasteiger partial charge in [-0.1, -0.05) is 72.8 Å². The van der Waals surface area contributed by atoms with Crippen molar-refractivity contribution in [2.45, 2.75) is 25.4 Å². The van der Waals surface area contributed by atoms with E-state index in [0.717, 1.165) is 16.7 Å². The molecule has 5 heteroatoms. The first kappa shape index (κ1) is 21.2. The Hall–Kier alpha value is -3.47. The number of hydrogen-bond donors (Lipinski definition) is 1. The highest BCUT2D eigenvalue weighted by atomic mass is 19.1. The summed E-state index contributed by atoms with van der Waals surface area (Å²) >= 11 is 0. The van der Waals surface area contributed by atoms with Crippen LogP contribution in [0.2, 0.25) is 0 Å². The summed E-state index contributed by atoms with van der Waals surface area (Å²) in [7, 11) is 1.56. The monoisotopic (exact) mass is 404 g/mol. The van der Waals surface area contributed by atoms with Crippen LogP contribution in [0.25, 0.3) is 0 Å². The molecule has 3 rings (SSSR count). The summed E-state index contributed by atoms with van der Waals surface area (Å²) in [6.07, 6.45) is 0.848. The van der Waals surface area contributed by atoms with E-state index >= 15 is 0 Å². The highest BCUT2D eigenvalue weighted by Gasteiger charge is 2.30. The molecule has 2 amide bonds. The zero-order valence-electron chi connectivity index (χ0n) is 16.9. The first-order valence-corrected chi connectivity index (χ1v) is 9.93.